The molecule has 6 heteroatoms. The molecule has 0 bridgehead atoms. The van der Waals surface area contributed by atoms with Crippen molar-refractivity contribution in [2.24, 2.45) is 0 Å². The van der Waals surface area contributed by atoms with Gasteiger partial charge in [0.15, 0.2) is 23.1 Å². The molecule has 2 heterocycles. The highest BCUT2D eigenvalue weighted by Gasteiger charge is 2.41. The van der Waals surface area contributed by atoms with Crippen molar-refractivity contribution >= 4 is 44.9 Å². The summed E-state index contributed by atoms with van der Waals surface area (Å²) in [6, 6.07) is 24.4. The summed E-state index contributed by atoms with van der Waals surface area (Å²) in [6.07, 6.45) is 0. The van der Waals surface area contributed by atoms with Crippen molar-refractivity contribution in [2.45, 2.75) is 11.8 Å². The number of pyridine rings is 2. The molecule has 0 radical (unpaired) electrons. The third kappa shape index (κ3) is 2.78. The van der Waals surface area contributed by atoms with Crippen molar-refractivity contribution in [2.75, 3.05) is 0 Å². The summed E-state index contributed by atoms with van der Waals surface area (Å²) in [5.41, 5.74) is 3.62. The average molecular weight is 468 g/mol. The van der Waals surface area contributed by atoms with E-state index in [9.17, 15) is 19.2 Å². The van der Waals surface area contributed by atoms with Crippen LogP contribution in [0.25, 0.3) is 21.8 Å². The number of nitrogens with zero attached hydrogens (tertiary/aromatic N) is 2. The Bertz CT molecular complexity index is 1640. The van der Waals surface area contributed by atoms with Gasteiger partial charge in [0.25, 0.3) is 0 Å². The molecule has 36 heavy (non-hydrogen) atoms. The van der Waals surface area contributed by atoms with Gasteiger partial charge in [-0.25, -0.2) is 0 Å². The highest BCUT2D eigenvalue weighted by Crippen LogP contribution is 2.36. The average Bonchev–Trinajstić information content (AvgIpc) is 3.31. The van der Waals surface area contributed by atoms with Gasteiger partial charge in [0.1, 0.15) is 11.8 Å². The van der Waals surface area contributed by atoms with E-state index in [1.807, 2.05) is 18.2 Å². The molecule has 0 amide bonds. The lowest BCUT2D eigenvalue weighted by Crippen LogP contribution is -2.15. The molecular weight excluding hydrogens is 452 g/mol. The topological polar surface area (TPSA) is 94.1 Å². The summed E-state index contributed by atoms with van der Waals surface area (Å²) in [6.45, 7) is 0. The van der Waals surface area contributed by atoms with E-state index >= 15 is 0 Å². The number of carbonyl (C=O) groups is 4. The second-order valence-electron chi connectivity index (χ2n) is 9.12. The van der Waals surface area contributed by atoms with E-state index in [2.05, 4.69) is 9.97 Å². The van der Waals surface area contributed by atoms with E-state index in [0.29, 0.717) is 44.7 Å². The highest BCUT2D eigenvalue weighted by molar-refractivity contribution is 6.30. The summed E-state index contributed by atoms with van der Waals surface area (Å²) in [4.78, 5) is 61.2. The van der Waals surface area contributed by atoms with Gasteiger partial charge >= 0.3 is 0 Å². The van der Waals surface area contributed by atoms with Crippen molar-refractivity contribution in [3.63, 3.8) is 0 Å². The first-order valence-corrected chi connectivity index (χ1v) is 11.6. The lowest BCUT2D eigenvalue weighted by Gasteiger charge is -2.10. The summed E-state index contributed by atoms with van der Waals surface area (Å²) in [5, 5.41) is 1.66. The zero-order valence-electron chi connectivity index (χ0n) is 18.8. The molecule has 0 aliphatic heterocycles. The van der Waals surface area contributed by atoms with Crippen LogP contribution < -0.4 is 0 Å². The molecule has 3 aromatic carbocycles. The van der Waals surface area contributed by atoms with Crippen LogP contribution in [0.15, 0.2) is 84.9 Å². The molecule has 0 spiro atoms. The van der Waals surface area contributed by atoms with Crippen molar-refractivity contribution in [1.29, 1.82) is 0 Å². The number of Topliss-reactive ketones (excluding diaryl/α,β-unsaturated/α-hetero) is 4. The van der Waals surface area contributed by atoms with E-state index in [0.717, 1.165) is 10.8 Å². The van der Waals surface area contributed by atoms with Gasteiger partial charge < -0.3 is 0 Å². The minimum Gasteiger partial charge on any atom is -0.293 e. The largest absolute Gasteiger partial charge is 0.293 e. The van der Waals surface area contributed by atoms with Crippen LogP contribution in [0.4, 0.5) is 0 Å². The molecule has 0 saturated carbocycles. The number of hydrogen-bond donors (Lipinski definition) is 0. The van der Waals surface area contributed by atoms with Gasteiger partial charge in [-0.3, -0.25) is 29.1 Å². The summed E-state index contributed by atoms with van der Waals surface area (Å²) >= 11 is 0. The number of rotatable bonds is 2. The molecule has 2 aromatic heterocycles. The summed E-state index contributed by atoms with van der Waals surface area (Å²) < 4.78 is 0. The predicted molar refractivity (Wildman–Crippen MR) is 133 cm³/mol. The van der Waals surface area contributed by atoms with E-state index < -0.39 is 11.8 Å². The smallest absolute Gasteiger partial charge is 0.180 e. The first kappa shape index (κ1) is 20.5. The summed E-state index contributed by atoms with van der Waals surface area (Å²) in [5.74, 6) is -2.92. The molecule has 2 aliphatic rings. The Kier molecular flexibility index (Phi) is 4.18. The van der Waals surface area contributed by atoms with Crippen LogP contribution in [-0.4, -0.2) is 33.1 Å². The Morgan fingerprint density at radius 3 is 1.17 bits per heavy atom. The second kappa shape index (κ2) is 7.33. The lowest BCUT2D eigenvalue weighted by molar-refractivity contribution is 0.0872. The Labute approximate surface area is 204 Å². The minimum absolute atomic E-state index is 0.249. The Morgan fingerprint density at radius 1 is 0.444 bits per heavy atom. The van der Waals surface area contributed by atoms with Gasteiger partial charge in [-0.05, 0) is 24.3 Å². The van der Waals surface area contributed by atoms with E-state index in [-0.39, 0.29) is 23.1 Å². The molecule has 7 rings (SSSR count). The highest BCUT2D eigenvalue weighted by atomic mass is 16.2. The molecule has 0 N–H and O–H groups in total. The van der Waals surface area contributed by atoms with Gasteiger partial charge in [-0.2, -0.15) is 0 Å². The number of hydrogen-bond acceptors (Lipinski definition) is 6. The number of aromatic nitrogens is 2. The van der Waals surface area contributed by atoms with Gasteiger partial charge in [0, 0.05) is 33.0 Å². The molecule has 0 fully saturated rings. The van der Waals surface area contributed by atoms with Crippen LogP contribution in [0.2, 0.25) is 0 Å². The first-order valence-electron chi connectivity index (χ1n) is 11.6. The lowest BCUT2D eigenvalue weighted by atomic mass is 9.97. The maximum Gasteiger partial charge on any atom is 0.180 e. The van der Waals surface area contributed by atoms with E-state index in [1.54, 1.807) is 66.7 Å². The predicted octanol–water partition coefficient (Wildman–Crippen LogP) is 5.11. The molecule has 5 aromatic rings. The van der Waals surface area contributed by atoms with Gasteiger partial charge in [-0.1, -0.05) is 60.7 Å². The monoisotopic (exact) mass is 468 g/mol. The quantitative estimate of drug-likeness (QED) is 0.264. The van der Waals surface area contributed by atoms with Crippen LogP contribution in [0.1, 0.15) is 64.7 Å². The Balaban J connectivity index is 1.31. The SMILES string of the molecule is O=C1c2ccccc2C(=O)C1c1ccc2cc3ccc(C4C(=O)c5ccccc5C4=O)nc3cc2n1. The number of carbonyl (C=O) groups excluding carboxylic acids is 4. The van der Waals surface area contributed by atoms with E-state index in [1.165, 1.54) is 0 Å². The van der Waals surface area contributed by atoms with Gasteiger partial charge in [0.2, 0.25) is 0 Å². The van der Waals surface area contributed by atoms with Gasteiger partial charge in [-0.15, -0.1) is 0 Å². The molecule has 0 atom stereocenters. The van der Waals surface area contributed by atoms with Crippen LogP contribution in [-0.2, 0) is 0 Å². The molecular formula is C30H16N2O4. The summed E-state index contributed by atoms with van der Waals surface area (Å²) in [7, 11) is 0. The first-order chi connectivity index (χ1) is 17.5. The fourth-order valence-electron chi connectivity index (χ4n) is 5.32. The Hall–Kier alpha value is -4.84. The number of ketones is 4. The maximum absolute atomic E-state index is 13.0. The minimum atomic E-state index is -0.964. The fraction of sp³-hybridized carbons (Fsp3) is 0.0667. The molecule has 0 unspecified atom stereocenters. The molecule has 6 nitrogen and oxygen atoms in total. The van der Waals surface area contributed by atoms with Crippen LogP contribution >= 0.6 is 0 Å². The van der Waals surface area contributed by atoms with Crippen molar-refractivity contribution in [3.8, 4) is 0 Å². The van der Waals surface area contributed by atoms with E-state index in [4.69, 9.17) is 0 Å². The zero-order valence-corrected chi connectivity index (χ0v) is 18.8. The molecule has 170 valence electrons. The zero-order chi connectivity index (χ0) is 24.6. The molecule has 2 aliphatic carbocycles. The van der Waals surface area contributed by atoms with Crippen LogP contribution in [0, 0.1) is 0 Å². The normalized spacial score (nSPS) is 15.8. The maximum atomic E-state index is 13.0. The van der Waals surface area contributed by atoms with Crippen molar-refractivity contribution in [3.05, 3.63) is 119 Å². The van der Waals surface area contributed by atoms with Gasteiger partial charge in [0.05, 0.1) is 22.4 Å². The number of fused-ring (bicyclic) bond motifs is 4. The standard InChI is InChI=1S/C30H16N2O4/c33-27-17-5-1-2-6-18(17)28(34)25(27)21-11-9-15-13-16-10-12-22(32-24(16)14-23(15)31-21)26-29(35)19-7-3-4-8-20(19)30(26)36/h1-14,25-26H. The van der Waals surface area contributed by atoms with Crippen molar-refractivity contribution < 1.29 is 19.2 Å². The van der Waals surface area contributed by atoms with Crippen LogP contribution in [0.3, 0.4) is 0 Å². The molecule has 0 saturated heterocycles. The van der Waals surface area contributed by atoms with Crippen LogP contribution in [0.5, 0.6) is 0 Å². The van der Waals surface area contributed by atoms with Crippen molar-refractivity contribution in [1.82, 2.24) is 9.97 Å². The third-order valence-corrected chi connectivity index (χ3v) is 7.10. The number of benzene rings is 3. The second-order valence-corrected chi connectivity index (χ2v) is 9.12. The third-order valence-electron chi connectivity index (χ3n) is 7.10. The Morgan fingerprint density at radius 2 is 0.806 bits per heavy atom. The fourth-order valence-corrected chi connectivity index (χ4v) is 5.32.